The first kappa shape index (κ1) is 21.7. The second-order valence-electron chi connectivity index (χ2n) is 7.40. The highest BCUT2D eigenvalue weighted by molar-refractivity contribution is 5.31. The first-order chi connectivity index (χ1) is 12.7. The van der Waals surface area contributed by atoms with Crippen molar-refractivity contribution in [1.82, 2.24) is 4.90 Å². The van der Waals surface area contributed by atoms with Gasteiger partial charge in [0.05, 0.1) is 12.7 Å². The average molecular weight is 389 g/mol. The van der Waals surface area contributed by atoms with Crippen LogP contribution in [0.4, 0.5) is 0 Å². The Kier molecular flexibility index (Phi) is 8.62. The number of nitrogens with zero attached hydrogens (tertiary/aromatic N) is 1. The van der Waals surface area contributed by atoms with Gasteiger partial charge in [-0.2, -0.15) is 0 Å². The molecule has 3 rings (SSSR count). The summed E-state index contributed by atoms with van der Waals surface area (Å²) in [4.78, 5) is 2.50. The van der Waals surface area contributed by atoms with Crippen LogP contribution in [0.2, 0.25) is 0 Å². The minimum Gasteiger partial charge on any atom is -1.00 e. The van der Waals surface area contributed by atoms with Crippen molar-refractivity contribution in [3.63, 3.8) is 0 Å². The van der Waals surface area contributed by atoms with Crippen molar-refractivity contribution < 1.29 is 22.3 Å². The number of rotatable bonds is 8. The Hall–Kier alpha value is -1.55. The summed E-state index contributed by atoms with van der Waals surface area (Å²) in [5.41, 5.74) is 1.46. The molecular formula is C23H31ClNO2-. The normalized spacial score (nSPS) is 17.0. The van der Waals surface area contributed by atoms with Gasteiger partial charge in [0.1, 0.15) is 5.75 Å². The zero-order valence-corrected chi connectivity index (χ0v) is 17.0. The summed E-state index contributed by atoms with van der Waals surface area (Å²) in [7, 11) is 1.67. The number of benzene rings is 2. The number of aliphatic hydroxyl groups is 1. The Morgan fingerprint density at radius 3 is 2.22 bits per heavy atom. The van der Waals surface area contributed by atoms with Crippen molar-refractivity contribution in [2.75, 3.05) is 26.7 Å². The quantitative estimate of drug-likeness (QED) is 0.742. The first-order valence-electron chi connectivity index (χ1n) is 9.83. The highest BCUT2D eigenvalue weighted by atomic mass is 35.5. The lowest BCUT2D eigenvalue weighted by Gasteiger charge is -2.33. The van der Waals surface area contributed by atoms with Gasteiger partial charge in [-0.15, -0.1) is 0 Å². The minimum absolute atomic E-state index is 0. The monoisotopic (exact) mass is 388 g/mol. The van der Waals surface area contributed by atoms with Crippen molar-refractivity contribution in [2.24, 2.45) is 0 Å². The maximum absolute atomic E-state index is 11.6. The van der Waals surface area contributed by atoms with Crippen LogP contribution in [0.1, 0.15) is 43.2 Å². The molecule has 0 amide bonds. The number of ether oxygens (including phenoxy) is 1. The van der Waals surface area contributed by atoms with Crippen LogP contribution in [0.25, 0.3) is 0 Å². The topological polar surface area (TPSA) is 32.7 Å². The number of hydrogen-bond donors (Lipinski definition) is 1. The van der Waals surface area contributed by atoms with Crippen molar-refractivity contribution in [3.05, 3.63) is 65.7 Å². The third-order valence-corrected chi connectivity index (χ3v) is 5.59. The van der Waals surface area contributed by atoms with E-state index in [-0.39, 0.29) is 12.4 Å². The van der Waals surface area contributed by atoms with Crippen LogP contribution in [-0.4, -0.2) is 36.8 Å². The van der Waals surface area contributed by atoms with E-state index >= 15 is 0 Å². The molecule has 4 heteroatoms. The van der Waals surface area contributed by atoms with E-state index in [1.54, 1.807) is 7.11 Å². The first-order valence-corrected chi connectivity index (χ1v) is 9.83. The molecule has 1 aliphatic heterocycles. The zero-order valence-electron chi connectivity index (χ0n) is 16.2. The predicted molar refractivity (Wildman–Crippen MR) is 107 cm³/mol. The van der Waals surface area contributed by atoms with E-state index in [2.05, 4.69) is 29.2 Å². The van der Waals surface area contributed by atoms with Gasteiger partial charge in [0.15, 0.2) is 0 Å². The second kappa shape index (κ2) is 10.7. The summed E-state index contributed by atoms with van der Waals surface area (Å²) in [6, 6.07) is 18.4. The van der Waals surface area contributed by atoms with Crippen LogP contribution in [0.5, 0.6) is 5.75 Å². The van der Waals surface area contributed by atoms with Crippen molar-refractivity contribution in [1.29, 1.82) is 0 Å². The molecule has 0 bridgehead atoms. The Labute approximate surface area is 169 Å². The molecule has 0 aliphatic carbocycles. The maximum atomic E-state index is 11.6. The summed E-state index contributed by atoms with van der Waals surface area (Å²) < 4.78 is 5.28. The highest BCUT2D eigenvalue weighted by Gasteiger charge is 2.30. The Bertz CT molecular complexity index is 656. The van der Waals surface area contributed by atoms with Gasteiger partial charge in [0.2, 0.25) is 0 Å². The van der Waals surface area contributed by atoms with Crippen LogP contribution in [0, 0.1) is 0 Å². The number of halogens is 1. The van der Waals surface area contributed by atoms with Gasteiger partial charge in [-0.3, -0.25) is 0 Å². The molecule has 1 N–H and O–H groups in total. The summed E-state index contributed by atoms with van der Waals surface area (Å²) in [5.74, 6) is 0.829. The predicted octanol–water partition coefficient (Wildman–Crippen LogP) is 1.40. The minimum atomic E-state index is -0.806. The maximum Gasteiger partial charge on any atom is 0.118 e. The van der Waals surface area contributed by atoms with Crippen LogP contribution in [0.3, 0.4) is 0 Å². The average Bonchev–Trinajstić information content (AvgIpc) is 2.72. The van der Waals surface area contributed by atoms with Crippen LogP contribution >= 0.6 is 0 Å². The molecule has 148 valence electrons. The van der Waals surface area contributed by atoms with E-state index in [9.17, 15) is 5.11 Å². The molecule has 2 aromatic carbocycles. The fourth-order valence-corrected chi connectivity index (χ4v) is 3.84. The van der Waals surface area contributed by atoms with E-state index in [0.717, 1.165) is 50.2 Å². The Morgan fingerprint density at radius 1 is 0.926 bits per heavy atom. The third kappa shape index (κ3) is 6.24. The number of aryl methyl sites for hydroxylation is 1. The molecular weight excluding hydrogens is 358 g/mol. The number of likely N-dealkylation sites (tertiary alicyclic amines) is 1. The lowest BCUT2D eigenvalue weighted by Crippen LogP contribution is -3.00. The lowest BCUT2D eigenvalue weighted by atomic mass is 9.84. The van der Waals surface area contributed by atoms with Gasteiger partial charge in [0.25, 0.3) is 0 Å². The molecule has 1 unspecified atom stereocenters. The van der Waals surface area contributed by atoms with E-state index < -0.39 is 5.60 Å². The van der Waals surface area contributed by atoms with Gasteiger partial charge in [0, 0.05) is 6.54 Å². The molecule has 2 aromatic rings. The van der Waals surface area contributed by atoms with Gasteiger partial charge in [-0.1, -0.05) is 48.9 Å². The fourth-order valence-electron chi connectivity index (χ4n) is 3.84. The van der Waals surface area contributed by atoms with E-state index in [1.165, 1.54) is 24.8 Å². The molecule has 1 aliphatic rings. The van der Waals surface area contributed by atoms with Crippen LogP contribution in [-0.2, 0) is 12.0 Å². The van der Waals surface area contributed by atoms with Crippen LogP contribution < -0.4 is 17.1 Å². The molecule has 1 atom stereocenters. The van der Waals surface area contributed by atoms with Crippen molar-refractivity contribution >= 4 is 0 Å². The highest BCUT2D eigenvalue weighted by Crippen LogP contribution is 2.32. The molecule has 27 heavy (non-hydrogen) atoms. The molecule has 3 nitrogen and oxygen atoms in total. The van der Waals surface area contributed by atoms with Crippen LogP contribution in [0.15, 0.2) is 54.6 Å². The van der Waals surface area contributed by atoms with E-state index in [4.69, 9.17) is 4.74 Å². The molecule has 1 saturated heterocycles. The third-order valence-electron chi connectivity index (χ3n) is 5.59. The number of hydrogen-bond acceptors (Lipinski definition) is 3. The number of piperidine rings is 1. The number of methoxy groups -OCH3 is 1. The summed E-state index contributed by atoms with van der Waals surface area (Å²) in [6.07, 6.45) is 6.29. The summed E-state index contributed by atoms with van der Waals surface area (Å²) in [5, 5.41) is 11.6. The fraction of sp³-hybridized carbons (Fsp3) is 0.478. The van der Waals surface area contributed by atoms with Gasteiger partial charge >= 0.3 is 0 Å². The standard InChI is InChI=1S/C23H31NO2.ClH/c1-26-22-12-10-21(11-13-22)23(25,15-14-20-8-4-2-5-9-20)16-19-24-17-6-3-7-18-24;/h2,4-5,8-13,25H,3,6-7,14-19H2,1H3;1H/p-1. The summed E-state index contributed by atoms with van der Waals surface area (Å²) in [6.45, 7) is 3.28. The molecule has 0 spiro atoms. The van der Waals surface area contributed by atoms with E-state index in [0.29, 0.717) is 0 Å². The Balaban J connectivity index is 0.00000261. The van der Waals surface area contributed by atoms with Gasteiger partial charge in [-0.25, -0.2) is 0 Å². The summed E-state index contributed by atoms with van der Waals surface area (Å²) >= 11 is 0. The molecule has 0 aromatic heterocycles. The molecule has 1 fully saturated rings. The SMILES string of the molecule is COc1ccc(C(O)(CCc2ccccc2)CCN2CCCCC2)cc1.[Cl-]. The van der Waals surface area contributed by atoms with E-state index in [1.807, 2.05) is 30.3 Å². The van der Waals surface area contributed by atoms with Crippen molar-refractivity contribution in [3.8, 4) is 5.75 Å². The molecule has 0 radical (unpaired) electrons. The smallest absolute Gasteiger partial charge is 0.118 e. The molecule has 0 saturated carbocycles. The van der Waals surface area contributed by atoms with Gasteiger partial charge in [-0.05, 0) is 68.5 Å². The van der Waals surface area contributed by atoms with Gasteiger partial charge < -0.3 is 27.2 Å². The largest absolute Gasteiger partial charge is 1.00 e. The van der Waals surface area contributed by atoms with Crippen molar-refractivity contribution in [2.45, 2.75) is 44.1 Å². The Morgan fingerprint density at radius 2 is 1.59 bits per heavy atom. The second-order valence-corrected chi connectivity index (χ2v) is 7.40. The zero-order chi connectivity index (χ0) is 18.2. The lowest BCUT2D eigenvalue weighted by molar-refractivity contribution is -0.0000505. The molecule has 1 heterocycles.